The molecule has 0 aromatic carbocycles. The highest BCUT2D eigenvalue weighted by Crippen LogP contribution is 2.21. The standard InChI is InChI=1S/C11H22N6/c12-10-13-11(15-14-10)17-7-3-9(4-8-17)16-5-1-2-6-16/h9-10,14H,1-8,12H2,(H,13,15). The highest BCUT2D eigenvalue weighted by Gasteiger charge is 2.28. The molecule has 0 radical (unpaired) electrons. The van der Waals surface area contributed by atoms with E-state index in [0.717, 1.165) is 25.1 Å². The van der Waals surface area contributed by atoms with Gasteiger partial charge in [-0.05, 0) is 38.8 Å². The van der Waals surface area contributed by atoms with Gasteiger partial charge >= 0.3 is 0 Å². The third kappa shape index (κ3) is 2.38. The lowest BCUT2D eigenvalue weighted by molar-refractivity contribution is 0.162. The summed E-state index contributed by atoms with van der Waals surface area (Å²) in [4.78, 5) is 9.28. The van der Waals surface area contributed by atoms with E-state index in [1.54, 1.807) is 0 Å². The maximum absolute atomic E-state index is 5.66. The first-order valence-electron chi connectivity index (χ1n) is 6.67. The van der Waals surface area contributed by atoms with Gasteiger partial charge in [0.1, 0.15) is 0 Å². The summed E-state index contributed by atoms with van der Waals surface area (Å²) in [6.07, 6.45) is 4.97. The summed E-state index contributed by atoms with van der Waals surface area (Å²) in [6, 6.07) is 0.789. The van der Waals surface area contributed by atoms with Crippen LogP contribution in [0, 0.1) is 0 Å². The van der Waals surface area contributed by atoms with Crippen molar-refractivity contribution in [1.29, 1.82) is 0 Å². The molecule has 0 aromatic heterocycles. The molecule has 2 fully saturated rings. The van der Waals surface area contributed by atoms with Crippen LogP contribution in [0.15, 0.2) is 4.99 Å². The molecular weight excluding hydrogens is 216 g/mol. The number of nitrogens with one attached hydrogen (secondary N) is 2. The van der Waals surface area contributed by atoms with Gasteiger partial charge in [-0.2, -0.15) is 5.43 Å². The molecule has 1 unspecified atom stereocenters. The van der Waals surface area contributed by atoms with Crippen LogP contribution in [0.1, 0.15) is 25.7 Å². The number of likely N-dealkylation sites (tertiary alicyclic amines) is 2. The minimum atomic E-state index is -0.290. The Bertz CT molecular complexity index is 290. The molecule has 17 heavy (non-hydrogen) atoms. The zero-order chi connectivity index (χ0) is 11.7. The first kappa shape index (κ1) is 11.3. The fourth-order valence-corrected chi connectivity index (χ4v) is 3.05. The van der Waals surface area contributed by atoms with Crippen molar-refractivity contribution in [3.63, 3.8) is 0 Å². The highest BCUT2D eigenvalue weighted by molar-refractivity contribution is 5.81. The van der Waals surface area contributed by atoms with Crippen molar-refractivity contribution in [3.05, 3.63) is 0 Å². The third-order valence-electron chi connectivity index (χ3n) is 4.01. The van der Waals surface area contributed by atoms with E-state index in [2.05, 4.69) is 25.6 Å². The number of nitrogens with two attached hydrogens (primary N) is 1. The van der Waals surface area contributed by atoms with Crippen LogP contribution in [0.2, 0.25) is 0 Å². The van der Waals surface area contributed by atoms with Crippen molar-refractivity contribution in [1.82, 2.24) is 20.7 Å². The highest BCUT2D eigenvalue weighted by atomic mass is 15.6. The molecule has 0 bridgehead atoms. The summed E-state index contributed by atoms with van der Waals surface area (Å²) in [6.45, 7) is 4.77. The normalized spacial score (nSPS) is 31.7. The van der Waals surface area contributed by atoms with Crippen LogP contribution in [0.5, 0.6) is 0 Å². The number of hydrazine groups is 1. The van der Waals surface area contributed by atoms with Crippen molar-refractivity contribution < 1.29 is 0 Å². The molecule has 96 valence electrons. The number of rotatable bonds is 1. The second-order valence-corrected chi connectivity index (χ2v) is 5.13. The van der Waals surface area contributed by atoms with Crippen LogP contribution < -0.4 is 16.6 Å². The van der Waals surface area contributed by atoms with Crippen LogP contribution in [-0.2, 0) is 0 Å². The lowest BCUT2D eigenvalue weighted by Crippen LogP contribution is -2.50. The summed E-state index contributed by atoms with van der Waals surface area (Å²) >= 11 is 0. The maximum atomic E-state index is 5.66. The lowest BCUT2D eigenvalue weighted by atomic mass is 10.0. The van der Waals surface area contributed by atoms with Crippen LogP contribution in [0.25, 0.3) is 0 Å². The molecule has 3 aliphatic heterocycles. The number of hydrogen-bond donors (Lipinski definition) is 3. The Balaban J connectivity index is 1.52. The maximum Gasteiger partial charge on any atom is 0.211 e. The number of nitrogens with zero attached hydrogens (tertiary/aromatic N) is 3. The molecule has 3 aliphatic rings. The largest absolute Gasteiger partial charge is 0.342 e. The van der Waals surface area contributed by atoms with Crippen molar-refractivity contribution in [2.24, 2.45) is 10.7 Å². The zero-order valence-electron chi connectivity index (χ0n) is 10.2. The predicted molar refractivity (Wildman–Crippen MR) is 67.1 cm³/mol. The summed E-state index contributed by atoms with van der Waals surface area (Å²) < 4.78 is 0. The molecule has 3 rings (SSSR count). The molecular formula is C11H22N6. The van der Waals surface area contributed by atoms with E-state index in [-0.39, 0.29) is 6.29 Å². The van der Waals surface area contributed by atoms with Gasteiger partial charge in [-0.1, -0.05) is 0 Å². The number of piperidine rings is 1. The molecule has 3 heterocycles. The first-order valence-corrected chi connectivity index (χ1v) is 6.67. The zero-order valence-corrected chi connectivity index (χ0v) is 10.2. The SMILES string of the molecule is NC1N=C(N2CCC(N3CCCC3)CC2)NN1. The van der Waals surface area contributed by atoms with Crippen molar-refractivity contribution in [3.8, 4) is 0 Å². The van der Waals surface area contributed by atoms with Crippen LogP contribution in [-0.4, -0.2) is 54.3 Å². The Morgan fingerprint density at radius 3 is 2.41 bits per heavy atom. The fraction of sp³-hybridized carbons (Fsp3) is 0.909. The van der Waals surface area contributed by atoms with Crippen molar-refractivity contribution >= 4 is 5.96 Å². The van der Waals surface area contributed by atoms with Crippen LogP contribution in [0.3, 0.4) is 0 Å². The quantitative estimate of drug-likeness (QED) is 0.561. The minimum Gasteiger partial charge on any atom is -0.342 e. The van der Waals surface area contributed by atoms with Crippen molar-refractivity contribution in [2.45, 2.75) is 38.0 Å². The molecule has 0 spiro atoms. The van der Waals surface area contributed by atoms with E-state index in [0.29, 0.717) is 0 Å². The van der Waals surface area contributed by atoms with Gasteiger partial charge in [0.15, 0.2) is 6.29 Å². The first-order chi connectivity index (χ1) is 8.33. The second-order valence-electron chi connectivity index (χ2n) is 5.13. The monoisotopic (exact) mass is 238 g/mol. The molecule has 2 saturated heterocycles. The molecule has 0 aliphatic carbocycles. The summed E-state index contributed by atoms with van der Waals surface area (Å²) in [5, 5.41) is 0. The minimum absolute atomic E-state index is 0.290. The average Bonchev–Trinajstić information content (AvgIpc) is 3.00. The topological polar surface area (TPSA) is 68.9 Å². The third-order valence-corrected chi connectivity index (χ3v) is 4.01. The van der Waals surface area contributed by atoms with Crippen LogP contribution >= 0.6 is 0 Å². The van der Waals surface area contributed by atoms with E-state index in [1.165, 1.54) is 38.8 Å². The molecule has 0 amide bonds. The second kappa shape index (κ2) is 4.80. The molecule has 6 heteroatoms. The number of aliphatic imine (C=N–C) groups is 1. The summed E-state index contributed by atoms with van der Waals surface area (Å²) in [7, 11) is 0. The number of hydrogen-bond acceptors (Lipinski definition) is 6. The molecule has 4 N–H and O–H groups in total. The van der Waals surface area contributed by atoms with Gasteiger partial charge in [0, 0.05) is 19.1 Å². The van der Waals surface area contributed by atoms with E-state index in [9.17, 15) is 0 Å². The Morgan fingerprint density at radius 1 is 1.12 bits per heavy atom. The van der Waals surface area contributed by atoms with E-state index in [4.69, 9.17) is 5.73 Å². The van der Waals surface area contributed by atoms with Gasteiger partial charge in [-0.3, -0.25) is 11.2 Å². The van der Waals surface area contributed by atoms with Gasteiger partial charge in [0.05, 0.1) is 0 Å². The smallest absolute Gasteiger partial charge is 0.211 e. The van der Waals surface area contributed by atoms with Gasteiger partial charge in [0.25, 0.3) is 0 Å². The summed E-state index contributed by atoms with van der Waals surface area (Å²) in [5.41, 5.74) is 11.6. The predicted octanol–water partition coefficient (Wildman–Crippen LogP) is -0.747. The van der Waals surface area contributed by atoms with E-state index >= 15 is 0 Å². The average molecular weight is 238 g/mol. The fourth-order valence-electron chi connectivity index (χ4n) is 3.05. The molecule has 0 saturated carbocycles. The van der Waals surface area contributed by atoms with Crippen LogP contribution in [0.4, 0.5) is 0 Å². The molecule has 1 atom stereocenters. The summed E-state index contributed by atoms with van der Waals surface area (Å²) in [5.74, 6) is 0.914. The Morgan fingerprint density at radius 2 is 1.82 bits per heavy atom. The Hall–Kier alpha value is -0.850. The van der Waals surface area contributed by atoms with Gasteiger partial charge in [-0.25, -0.2) is 4.99 Å². The van der Waals surface area contributed by atoms with Gasteiger partial charge in [-0.15, -0.1) is 0 Å². The van der Waals surface area contributed by atoms with Gasteiger partial charge in [0.2, 0.25) is 5.96 Å². The lowest BCUT2D eigenvalue weighted by Gasteiger charge is -2.37. The van der Waals surface area contributed by atoms with Crippen molar-refractivity contribution in [2.75, 3.05) is 26.2 Å². The Kier molecular flexibility index (Phi) is 3.17. The molecule has 6 nitrogen and oxygen atoms in total. The van der Waals surface area contributed by atoms with E-state index < -0.39 is 0 Å². The molecule has 0 aromatic rings. The van der Waals surface area contributed by atoms with E-state index in [1.807, 2.05) is 0 Å². The van der Waals surface area contributed by atoms with Gasteiger partial charge < -0.3 is 9.80 Å². The Labute approximate surface area is 102 Å². The number of guanidine groups is 1.